The van der Waals surface area contributed by atoms with Gasteiger partial charge in [-0.05, 0) is 49.2 Å². The van der Waals surface area contributed by atoms with Gasteiger partial charge in [-0.15, -0.1) is 0 Å². The zero-order valence-corrected chi connectivity index (χ0v) is 15.2. The summed E-state index contributed by atoms with van der Waals surface area (Å²) >= 11 is 0. The number of piperazine rings is 1. The van der Waals surface area contributed by atoms with Gasteiger partial charge in [-0.25, -0.2) is 4.39 Å². The summed E-state index contributed by atoms with van der Waals surface area (Å²) in [7, 11) is 0. The number of nitrogens with zero attached hydrogens (tertiary/aromatic N) is 2. The number of rotatable bonds is 3. The molecule has 0 atom stereocenters. The minimum absolute atomic E-state index is 0.0887. The van der Waals surface area contributed by atoms with E-state index in [1.165, 1.54) is 29.8 Å². The maximum atomic E-state index is 13.0. The molecule has 0 unspecified atom stereocenters. The van der Waals surface area contributed by atoms with E-state index in [4.69, 9.17) is 0 Å². The van der Waals surface area contributed by atoms with Gasteiger partial charge in [0, 0.05) is 31.7 Å². The lowest BCUT2D eigenvalue weighted by atomic mass is 10.0. The van der Waals surface area contributed by atoms with Crippen molar-refractivity contribution in [3.05, 3.63) is 70.5 Å². The van der Waals surface area contributed by atoms with Gasteiger partial charge >= 0.3 is 0 Å². The molecule has 0 spiro atoms. The van der Waals surface area contributed by atoms with Crippen LogP contribution in [0.2, 0.25) is 0 Å². The second-order valence-corrected chi connectivity index (χ2v) is 6.79. The summed E-state index contributed by atoms with van der Waals surface area (Å²) in [5, 5.41) is 0. The molecule has 0 radical (unpaired) electrons. The van der Waals surface area contributed by atoms with Crippen LogP contribution in [0.15, 0.2) is 42.5 Å². The smallest absolute Gasteiger partial charge is 0.253 e. The van der Waals surface area contributed by atoms with Crippen LogP contribution in [0, 0.1) is 19.7 Å². The lowest BCUT2D eigenvalue weighted by Gasteiger charge is -2.35. The molecule has 4 nitrogen and oxygen atoms in total. The average molecular weight is 354 g/mol. The highest BCUT2D eigenvalue weighted by Gasteiger charge is 2.25. The van der Waals surface area contributed by atoms with Crippen molar-refractivity contribution in [1.82, 2.24) is 9.80 Å². The fourth-order valence-corrected chi connectivity index (χ4v) is 3.25. The number of benzene rings is 2. The van der Waals surface area contributed by atoms with Gasteiger partial charge in [0.15, 0.2) is 0 Å². The number of amides is 2. The SMILES string of the molecule is Cc1ccc(CC(=O)N2CCN(C(=O)c3ccc(F)cc3)CC2)c(C)c1. The van der Waals surface area contributed by atoms with Crippen LogP contribution in [0.4, 0.5) is 4.39 Å². The fourth-order valence-electron chi connectivity index (χ4n) is 3.25. The molecule has 0 N–H and O–H groups in total. The quantitative estimate of drug-likeness (QED) is 0.850. The maximum absolute atomic E-state index is 13.0. The van der Waals surface area contributed by atoms with E-state index in [-0.39, 0.29) is 17.6 Å². The number of hydrogen-bond donors (Lipinski definition) is 0. The number of aryl methyl sites for hydroxylation is 2. The van der Waals surface area contributed by atoms with E-state index in [1.54, 1.807) is 4.90 Å². The van der Waals surface area contributed by atoms with E-state index in [0.717, 1.165) is 11.1 Å². The van der Waals surface area contributed by atoms with Gasteiger partial charge in [0.1, 0.15) is 5.82 Å². The molecule has 2 aromatic carbocycles. The number of hydrogen-bond acceptors (Lipinski definition) is 2. The van der Waals surface area contributed by atoms with Crippen molar-refractivity contribution in [2.45, 2.75) is 20.3 Å². The summed E-state index contributed by atoms with van der Waals surface area (Å²) in [5.74, 6) is -0.388. The van der Waals surface area contributed by atoms with Crippen LogP contribution in [-0.4, -0.2) is 47.8 Å². The number of halogens is 1. The van der Waals surface area contributed by atoms with Crippen LogP contribution in [0.1, 0.15) is 27.0 Å². The third-order valence-electron chi connectivity index (χ3n) is 4.85. The highest BCUT2D eigenvalue weighted by atomic mass is 19.1. The molecule has 2 amide bonds. The Bertz CT molecular complexity index is 809. The normalized spacial score (nSPS) is 14.4. The van der Waals surface area contributed by atoms with E-state index >= 15 is 0 Å². The van der Waals surface area contributed by atoms with Crippen LogP contribution in [0.3, 0.4) is 0 Å². The predicted molar refractivity (Wildman–Crippen MR) is 98.5 cm³/mol. The summed E-state index contributed by atoms with van der Waals surface area (Å²) in [5.41, 5.74) is 3.84. The largest absolute Gasteiger partial charge is 0.339 e. The molecule has 1 heterocycles. The van der Waals surface area contributed by atoms with Gasteiger partial charge in [0.25, 0.3) is 5.91 Å². The second-order valence-electron chi connectivity index (χ2n) is 6.79. The highest BCUT2D eigenvalue weighted by molar-refractivity contribution is 5.94. The molecule has 1 fully saturated rings. The van der Waals surface area contributed by atoms with Crippen LogP contribution in [0.5, 0.6) is 0 Å². The third kappa shape index (κ3) is 4.10. The summed E-state index contributed by atoms with van der Waals surface area (Å²) in [6.45, 7) is 6.10. The molecule has 0 bridgehead atoms. The van der Waals surface area contributed by atoms with E-state index in [1.807, 2.05) is 30.9 Å². The molecule has 5 heteroatoms. The molecule has 3 rings (SSSR count). The zero-order valence-electron chi connectivity index (χ0n) is 15.2. The minimum atomic E-state index is -0.358. The van der Waals surface area contributed by atoms with Gasteiger partial charge < -0.3 is 9.80 Å². The Morgan fingerprint density at radius 3 is 2.15 bits per heavy atom. The first-order valence-electron chi connectivity index (χ1n) is 8.83. The molecule has 0 aromatic heterocycles. The molecular weight excluding hydrogens is 331 g/mol. The molecular formula is C21H23FN2O2. The molecule has 2 aromatic rings. The van der Waals surface area contributed by atoms with Gasteiger partial charge in [-0.1, -0.05) is 23.8 Å². The summed E-state index contributed by atoms with van der Waals surface area (Å²) in [6.07, 6.45) is 0.387. The van der Waals surface area contributed by atoms with E-state index < -0.39 is 0 Å². The molecule has 136 valence electrons. The van der Waals surface area contributed by atoms with Crippen molar-refractivity contribution in [1.29, 1.82) is 0 Å². The van der Waals surface area contributed by atoms with E-state index in [2.05, 4.69) is 6.07 Å². The second kappa shape index (κ2) is 7.68. The Hall–Kier alpha value is -2.69. The van der Waals surface area contributed by atoms with Crippen LogP contribution < -0.4 is 0 Å². The summed E-state index contributed by atoms with van der Waals surface area (Å²) in [6, 6.07) is 11.7. The number of carbonyl (C=O) groups is 2. The first-order chi connectivity index (χ1) is 12.4. The zero-order chi connectivity index (χ0) is 18.7. The number of carbonyl (C=O) groups excluding carboxylic acids is 2. The van der Waals surface area contributed by atoms with Gasteiger partial charge in [-0.2, -0.15) is 0 Å². The van der Waals surface area contributed by atoms with Crippen LogP contribution in [0.25, 0.3) is 0 Å². The molecule has 26 heavy (non-hydrogen) atoms. The van der Waals surface area contributed by atoms with Crippen molar-refractivity contribution < 1.29 is 14.0 Å². The summed E-state index contributed by atoms with van der Waals surface area (Å²) < 4.78 is 13.0. The third-order valence-corrected chi connectivity index (χ3v) is 4.85. The van der Waals surface area contributed by atoms with Crippen LogP contribution >= 0.6 is 0 Å². The summed E-state index contributed by atoms with van der Waals surface area (Å²) in [4.78, 5) is 28.6. The Morgan fingerprint density at radius 1 is 0.923 bits per heavy atom. The van der Waals surface area contributed by atoms with Gasteiger partial charge in [-0.3, -0.25) is 9.59 Å². The first-order valence-corrected chi connectivity index (χ1v) is 8.83. The molecule has 0 saturated carbocycles. The minimum Gasteiger partial charge on any atom is -0.339 e. The lowest BCUT2D eigenvalue weighted by molar-refractivity contribution is -0.131. The maximum Gasteiger partial charge on any atom is 0.253 e. The molecule has 1 aliphatic rings. The molecule has 1 aliphatic heterocycles. The standard InChI is InChI=1S/C21H23FN2O2/c1-15-3-4-18(16(2)13-15)14-20(25)23-9-11-24(12-10-23)21(26)17-5-7-19(22)8-6-17/h3-8,13H,9-12,14H2,1-2H3. The highest BCUT2D eigenvalue weighted by Crippen LogP contribution is 2.14. The van der Waals surface area contributed by atoms with Gasteiger partial charge in [0.2, 0.25) is 5.91 Å². The Morgan fingerprint density at radius 2 is 1.54 bits per heavy atom. The topological polar surface area (TPSA) is 40.6 Å². The molecule has 1 saturated heterocycles. The van der Waals surface area contributed by atoms with Crippen molar-refractivity contribution in [2.75, 3.05) is 26.2 Å². The van der Waals surface area contributed by atoms with Crippen molar-refractivity contribution in [3.8, 4) is 0 Å². The Kier molecular flexibility index (Phi) is 5.35. The Balaban J connectivity index is 1.56. The van der Waals surface area contributed by atoms with Crippen molar-refractivity contribution in [3.63, 3.8) is 0 Å². The average Bonchev–Trinajstić information content (AvgIpc) is 2.64. The molecule has 0 aliphatic carbocycles. The monoisotopic (exact) mass is 354 g/mol. The van der Waals surface area contributed by atoms with Crippen molar-refractivity contribution in [2.24, 2.45) is 0 Å². The van der Waals surface area contributed by atoms with Gasteiger partial charge in [0.05, 0.1) is 6.42 Å². The van der Waals surface area contributed by atoms with Crippen LogP contribution in [-0.2, 0) is 11.2 Å². The van der Waals surface area contributed by atoms with E-state index in [0.29, 0.717) is 38.2 Å². The Labute approximate surface area is 153 Å². The fraction of sp³-hybridized carbons (Fsp3) is 0.333. The lowest BCUT2D eigenvalue weighted by Crippen LogP contribution is -2.51. The first kappa shape index (κ1) is 18.1. The van der Waals surface area contributed by atoms with Crippen molar-refractivity contribution >= 4 is 11.8 Å². The predicted octanol–water partition coefficient (Wildman–Crippen LogP) is 2.97. The van der Waals surface area contributed by atoms with E-state index in [9.17, 15) is 14.0 Å².